The molecule has 1 aliphatic heterocycles. The van der Waals surface area contributed by atoms with Gasteiger partial charge in [-0.25, -0.2) is 8.42 Å². The molecule has 1 saturated heterocycles. The van der Waals surface area contributed by atoms with E-state index in [0.29, 0.717) is 12.8 Å². The molecule has 0 aromatic heterocycles. The maximum atomic E-state index is 12.4. The number of carbonyl (C=O) groups is 1. The molecule has 1 aliphatic rings. The Morgan fingerprint density at radius 3 is 2.63 bits per heavy atom. The average molecular weight is 292 g/mol. The first kappa shape index (κ1) is 16.4. The Kier molecular flexibility index (Phi) is 6.22. The number of aliphatic hydroxyl groups is 1. The largest absolute Gasteiger partial charge is 0.395 e. The van der Waals surface area contributed by atoms with Crippen LogP contribution in [0.3, 0.4) is 0 Å². The average Bonchev–Trinajstić information content (AvgIpc) is 2.72. The van der Waals surface area contributed by atoms with Crippen LogP contribution >= 0.6 is 0 Å². The zero-order chi connectivity index (χ0) is 14.5. The molecule has 0 aliphatic carbocycles. The van der Waals surface area contributed by atoms with Gasteiger partial charge in [-0.3, -0.25) is 4.79 Å². The number of nitrogens with zero attached hydrogens (tertiary/aromatic N) is 1. The van der Waals surface area contributed by atoms with E-state index in [-0.39, 0.29) is 49.1 Å². The predicted octanol–water partition coefficient (Wildman–Crippen LogP) is -0.631. The van der Waals surface area contributed by atoms with Crippen LogP contribution < -0.4 is 5.73 Å². The van der Waals surface area contributed by atoms with E-state index in [4.69, 9.17) is 10.8 Å². The Balaban J connectivity index is 2.79. The van der Waals surface area contributed by atoms with Crippen LogP contribution in [0.2, 0.25) is 0 Å². The van der Waals surface area contributed by atoms with Crippen molar-refractivity contribution in [2.45, 2.75) is 32.2 Å². The third-order valence-electron chi connectivity index (χ3n) is 3.54. The maximum Gasteiger partial charge on any atom is 0.227 e. The lowest BCUT2D eigenvalue weighted by Crippen LogP contribution is -2.47. The second-order valence-corrected chi connectivity index (χ2v) is 7.26. The summed E-state index contributed by atoms with van der Waals surface area (Å²) in [7, 11) is -3.04. The Morgan fingerprint density at radius 1 is 1.53 bits per heavy atom. The van der Waals surface area contributed by atoms with Gasteiger partial charge in [0.1, 0.15) is 0 Å². The van der Waals surface area contributed by atoms with Crippen LogP contribution in [0.25, 0.3) is 0 Å². The lowest BCUT2D eigenvalue weighted by atomic mass is 10.0. The van der Waals surface area contributed by atoms with Crippen molar-refractivity contribution in [2.24, 2.45) is 11.7 Å². The molecular weight excluding hydrogens is 268 g/mol. The van der Waals surface area contributed by atoms with Crippen LogP contribution in [0.5, 0.6) is 0 Å². The minimum Gasteiger partial charge on any atom is -0.395 e. The van der Waals surface area contributed by atoms with Gasteiger partial charge in [0.05, 0.1) is 24.0 Å². The van der Waals surface area contributed by atoms with Gasteiger partial charge in [0, 0.05) is 19.1 Å². The van der Waals surface area contributed by atoms with Crippen LogP contribution in [0.1, 0.15) is 26.2 Å². The van der Waals surface area contributed by atoms with E-state index in [2.05, 4.69) is 0 Å². The van der Waals surface area contributed by atoms with Gasteiger partial charge in [-0.2, -0.15) is 0 Å². The Hall–Kier alpha value is -0.660. The van der Waals surface area contributed by atoms with E-state index in [1.54, 1.807) is 0 Å². The predicted molar refractivity (Wildman–Crippen MR) is 73.3 cm³/mol. The first-order chi connectivity index (χ1) is 8.95. The molecule has 0 saturated carbocycles. The van der Waals surface area contributed by atoms with Crippen LogP contribution in [-0.4, -0.2) is 61.6 Å². The molecule has 112 valence electrons. The monoisotopic (exact) mass is 292 g/mol. The van der Waals surface area contributed by atoms with Gasteiger partial charge < -0.3 is 15.7 Å². The zero-order valence-electron chi connectivity index (χ0n) is 11.4. The van der Waals surface area contributed by atoms with E-state index in [1.165, 1.54) is 4.90 Å². The first-order valence-corrected chi connectivity index (χ1v) is 8.59. The molecule has 0 aromatic rings. The lowest BCUT2D eigenvalue weighted by molar-refractivity contribution is -0.138. The zero-order valence-corrected chi connectivity index (χ0v) is 12.2. The molecule has 2 atom stereocenters. The van der Waals surface area contributed by atoms with Crippen molar-refractivity contribution in [2.75, 3.05) is 31.2 Å². The molecule has 1 fully saturated rings. The molecule has 7 heteroatoms. The fraction of sp³-hybridized carbons (Fsp3) is 0.917. The number of amides is 1. The fourth-order valence-electron chi connectivity index (χ4n) is 2.53. The lowest BCUT2D eigenvalue weighted by Gasteiger charge is -2.31. The number of carbonyl (C=O) groups excluding carboxylic acids is 1. The molecular formula is C12H24N2O4S. The first-order valence-electron chi connectivity index (χ1n) is 6.77. The van der Waals surface area contributed by atoms with Gasteiger partial charge in [0.15, 0.2) is 9.84 Å². The number of sulfone groups is 1. The summed E-state index contributed by atoms with van der Waals surface area (Å²) in [5.41, 5.74) is 5.62. The topological polar surface area (TPSA) is 101 Å². The molecule has 0 aromatic carbocycles. The van der Waals surface area contributed by atoms with Crippen molar-refractivity contribution in [1.82, 2.24) is 4.90 Å². The van der Waals surface area contributed by atoms with Crippen LogP contribution in [0, 0.1) is 5.92 Å². The van der Waals surface area contributed by atoms with Crippen molar-refractivity contribution in [3.8, 4) is 0 Å². The quantitative estimate of drug-likeness (QED) is 0.650. The minimum atomic E-state index is -3.04. The van der Waals surface area contributed by atoms with Crippen LogP contribution in [0.4, 0.5) is 0 Å². The Bertz CT molecular complexity index is 397. The van der Waals surface area contributed by atoms with E-state index >= 15 is 0 Å². The highest BCUT2D eigenvalue weighted by molar-refractivity contribution is 7.91. The summed E-state index contributed by atoms with van der Waals surface area (Å²) < 4.78 is 23.0. The van der Waals surface area contributed by atoms with Crippen LogP contribution in [-0.2, 0) is 14.6 Å². The molecule has 0 radical (unpaired) electrons. The highest BCUT2D eigenvalue weighted by Crippen LogP contribution is 2.20. The van der Waals surface area contributed by atoms with E-state index in [1.807, 2.05) is 6.92 Å². The second-order valence-electron chi connectivity index (χ2n) is 5.03. The summed E-state index contributed by atoms with van der Waals surface area (Å²) in [6, 6.07) is -0.310. The van der Waals surface area contributed by atoms with Gasteiger partial charge in [-0.05, 0) is 12.8 Å². The molecule has 6 nitrogen and oxygen atoms in total. The third-order valence-corrected chi connectivity index (χ3v) is 5.29. The van der Waals surface area contributed by atoms with Crippen molar-refractivity contribution in [1.29, 1.82) is 0 Å². The standard InChI is InChI=1S/C12H24N2O4S/c1-2-3-10(8-13)12(16)14(5-6-15)11-4-7-19(17,18)9-11/h10-11,15H,2-9,13H2,1H3. The Morgan fingerprint density at radius 2 is 2.21 bits per heavy atom. The third kappa shape index (κ3) is 4.43. The minimum absolute atomic E-state index is 0.00214. The van der Waals surface area contributed by atoms with Gasteiger partial charge in [0.25, 0.3) is 0 Å². The number of rotatable bonds is 7. The van der Waals surface area contributed by atoms with Crippen LogP contribution in [0.15, 0.2) is 0 Å². The molecule has 0 spiro atoms. The molecule has 2 unspecified atom stereocenters. The highest BCUT2D eigenvalue weighted by Gasteiger charge is 2.36. The summed E-state index contributed by atoms with van der Waals surface area (Å²) in [5.74, 6) is -0.281. The number of hydrogen-bond donors (Lipinski definition) is 2. The summed E-state index contributed by atoms with van der Waals surface area (Å²) in [4.78, 5) is 13.9. The molecule has 0 bridgehead atoms. The number of hydrogen-bond acceptors (Lipinski definition) is 5. The number of nitrogens with two attached hydrogens (primary N) is 1. The van der Waals surface area contributed by atoms with Gasteiger partial charge in [-0.1, -0.05) is 13.3 Å². The van der Waals surface area contributed by atoms with E-state index in [0.717, 1.165) is 6.42 Å². The van der Waals surface area contributed by atoms with Crippen molar-refractivity contribution in [3.05, 3.63) is 0 Å². The van der Waals surface area contributed by atoms with Gasteiger partial charge in [0.2, 0.25) is 5.91 Å². The molecule has 1 heterocycles. The number of aliphatic hydroxyl groups excluding tert-OH is 1. The normalized spacial score (nSPS) is 23.2. The summed E-state index contributed by atoms with van der Waals surface area (Å²) in [6.45, 7) is 2.26. The summed E-state index contributed by atoms with van der Waals surface area (Å²) in [5, 5.41) is 9.09. The van der Waals surface area contributed by atoms with Crippen molar-refractivity contribution < 1.29 is 18.3 Å². The van der Waals surface area contributed by atoms with Crippen molar-refractivity contribution in [3.63, 3.8) is 0 Å². The van der Waals surface area contributed by atoms with E-state index in [9.17, 15) is 13.2 Å². The van der Waals surface area contributed by atoms with Gasteiger partial charge >= 0.3 is 0 Å². The van der Waals surface area contributed by atoms with Crippen molar-refractivity contribution >= 4 is 15.7 Å². The maximum absolute atomic E-state index is 12.4. The molecule has 1 rings (SSSR count). The summed E-state index contributed by atoms with van der Waals surface area (Å²) in [6.07, 6.45) is 2.00. The molecule has 19 heavy (non-hydrogen) atoms. The van der Waals surface area contributed by atoms with E-state index < -0.39 is 9.84 Å². The molecule has 3 N–H and O–H groups in total. The highest BCUT2D eigenvalue weighted by atomic mass is 32.2. The SMILES string of the molecule is CCCC(CN)C(=O)N(CCO)C1CCS(=O)(=O)C1. The summed E-state index contributed by atoms with van der Waals surface area (Å²) >= 11 is 0. The fourth-order valence-corrected chi connectivity index (χ4v) is 4.26. The second kappa shape index (κ2) is 7.21. The molecule has 1 amide bonds. The van der Waals surface area contributed by atoms with Gasteiger partial charge in [-0.15, -0.1) is 0 Å². The smallest absolute Gasteiger partial charge is 0.227 e. The Labute approximate surface area is 114 Å².